The number of rotatable bonds is 5. The van der Waals surface area contributed by atoms with Gasteiger partial charge in [-0.15, -0.1) is 0 Å². The Kier molecular flexibility index (Phi) is 5.62. The molecule has 0 saturated heterocycles. The zero-order valence-corrected chi connectivity index (χ0v) is 13.0. The van der Waals surface area contributed by atoms with Crippen molar-refractivity contribution < 1.29 is 9.53 Å². The Bertz CT molecular complexity index is 644. The third kappa shape index (κ3) is 4.46. The van der Waals surface area contributed by atoms with Crippen molar-refractivity contribution in [1.29, 1.82) is 0 Å². The zero-order valence-electron chi connectivity index (χ0n) is 11.5. The predicted molar refractivity (Wildman–Crippen MR) is 84.8 cm³/mol. The van der Waals surface area contributed by atoms with E-state index in [1.54, 1.807) is 31.4 Å². The van der Waals surface area contributed by atoms with Crippen LogP contribution in [0.25, 0.3) is 0 Å². The number of carbonyl (C=O) groups excluding carboxylic acids is 1. The molecule has 5 heteroatoms. The van der Waals surface area contributed by atoms with E-state index in [4.69, 9.17) is 27.9 Å². The lowest BCUT2D eigenvalue weighted by atomic mass is 10.1. The first kappa shape index (κ1) is 15.8. The second-order valence-electron chi connectivity index (χ2n) is 4.55. The van der Waals surface area contributed by atoms with Crippen molar-refractivity contribution in [3.8, 4) is 0 Å². The highest BCUT2D eigenvalue weighted by atomic mass is 35.5. The molecule has 0 aromatic heterocycles. The van der Waals surface area contributed by atoms with Crippen molar-refractivity contribution in [2.24, 2.45) is 0 Å². The second kappa shape index (κ2) is 7.46. The van der Waals surface area contributed by atoms with Crippen molar-refractivity contribution in [2.75, 3.05) is 7.11 Å². The number of methoxy groups -OCH3 is 1. The van der Waals surface area contributed by atoms with Crippen LogP contribution < -0.4 is 5.32 Å². The summed E-state index contributed by atoms with van der Waals surface area (Å²) in [5.41, 5.74) is 2.37. The summed E-state index contributed by atoms with van der Waals surface area (Å²) >= 11 is 11.9. The smallest absolute Gasteiger partial charge is 0.251 e. The standard InChI is InChI=1S/C16H15Cl2NO2/c1-21-10-11-3-2-4-12(7-11)16(20)19-9-13-5-6-14(17)8-15(13)18/h2-8H,9-10H2,1H3,(H,19,20). The second-order valence-corrected chi connectivity index (χ2v) is 5.40. The Morgan fingerprint density at radius 3 is 2.71 bits per heavy atom. The molecule has 0 aliphatic carbocycles. The van der Waals surface area contributed by atoms with E-state index in [1.807, 2.05) is 18.2 Å². The van der Waals surface area contributed by atoms with Gasteiger partial charge in [0.15, 0.2) is 0 Å². The van der Waals surface area contributed by atoms with Crippen LogP contribution in [0.1, 0.15) is 21.5 Å². The number of nitrogens with one attached hydrogen (secondary N) is 1. The molecule has 1 amide bonds. The highest BCUT2D eigenvalue weighted by Crippen LogP contribution is 2.20. The highest BCUT2D eigenvalue weighted by molar-refractivity contribution is 6.35. The lowest BCUT2D eigenvalue weighted by Crippen LogP contribution is -2.23. The fourth-order valence-corrected chi connectivity index (χ4v) is 2.39. The van der Waals surface area contributed by atoms with Crippen LogP contribution in [-0.4, -0.2) is 13.0 Å². The van der Waals surface area contributed by atoms with E-state index in [0.717, 1.165) is 11.1 Å². The van der Waals surface area contributed by atoms with Gasteiger partial charge in [-0.3, -0.25) is 4.79 Å². The lowest BCUT2D eigenvalue weighted by Gasteiger charge is -2.08. The molecule has 0 aliphatic heterocycles. The van der Waals surface area contributed by atoms with Crippen molar-refractivity contribution in [3.05, 3.63) is 69.2 Å². The molecular formula is C16H15Cl2NO2. The van der Waals surface area contributed by atoms with Crippen molar-refractivity contribution in [2.45, 2.75) is 13.2 Å². The third-order valence-corrected chi connectivity index (χ3v) is 3.54. The fourth-order valence-electron chi connectivity index (χ4n) is 1.91. The van der Waals surface area contributed by atoms with Crippen LogP contribution >= 0.6 is 23.2 Å². The van der Waals surface area contributed by atoms with Gasteiger partial charge in [-0.1, -0.05) is 41.4 Å². The van der Waals surface area contributed by atoms with Gasteiger partial charge in [0.05, 0.1) is 6.61 Å². The molecule has 3 nitrogen and oxygen atoms in total. The van der Waals surface area contributed by atoms with Gasteiger partial charge in [-0.2, -0.15) is 0 Å². The molecule has 2 aromatic carbocycles. The SMILES string of the molecule is COCc1cccc(C(=O)NCc2ccc(Cl)cc2Cl)c1. The monoisotopic (exact) mass is 323 g/mol. The molecule has 0 saturated carbocycles. The average Bonchev–Trinajstić information content (AvgIpc) is 2.47. The quantitative estimate of drug-likeness (QED) is 0.900. The molecule has 2 rings (SSSR count). The van der Waals surface area contributed by atoms with Gasteiger partial charge < -0.3 is 10.1 Å². The first-order chi connectivity index (χ1) is 10.1. The fraction of sp³-hybridized carbons (Fsp3) is 0.188. The summed E-state index contributed by atoms with van der Waals surface area (Å²) in [7, 11) is 1.62. The zero-order chi connectivity index (χ0) is 15.2. The van der Waals surface area contributed by atoms with Crippen LogP contribution in [0.3, 0.4) is 0 Å². The summed E-state index contributed by atoms with van der Waals surface area (Å²) in [6, 6.07) is 12.5. The summed E-state index contributed by atoms with van der Waals surface area (Å²) in [5, 5.41) is 3.95. The summed E-state index contributed by atoms with van der Waals surface area (Å²) < 4.78 is 5.06. The average molecular weight is 324 g/mol. The van der Waals surface area contributed by atoms with E-state index >= 15 is 0 Å². The molecule has 0 atom stereocenters. The van der Waals surface area contributed by atoms with E-state index in [2.05, 4.69) is 5.32 Å². The number of hydrogen-bond donors (Lipinski definition) is 1. The molecule has 0 heterocycles. The molecule has 21 heavy (non-hydrogen) atoms. The van der Waals surface area contributed by atoms with Crippen LogP contribution in [0.5, 0.6) is 0 Å². The summed E-state index contributed by atoms with van der Waals surface area (Å²) in [4.78, 5) is 12.1. The summed E-state index contributed by atoms with van der Waals surface area (Å²) in [5.74, 6) is -0.154. The van der Waals surface area contributed by atoms with Crippen molar-refractivity contribution in [3.63, 3.8) is 0 Å². The van der Waals surface area contributed by atoms with Gasteiger partial charge in [0.2, 0.25) is 0 Å². The maximum atomic E-state index is 12.1. The Labute approximate surface area is 133 Å². The van der Waals surface area contributed by atoms with Crippen LogP contribution in [0.15, 0.2) is 42.5 Å². The molecule has 0 spiro atoms. The lowest BCUT2D eigenvalue weighted by molar-refractivity contribution is 0.0950. The first-order valence-corrected chi connectivity index (χ1v) is 7.16. The molecule has 0 bridgehead atoms. The number of amides is 1. The third-order valence-electron chi connectivity index (χ3n) is 2.95. The van der Waals surface area contributed by atoms with Gasteiger partial charge in [0, 0.05) is 29.3 Å². The largest absolute Gasteiger partial charge is 0.380 e. The normalized spacial score (nSPS) is 10.4. The topological polar surface area (TPSA) is 38.3 Å². The van der Waals surface area contributed by atoms with E-state index in [1.165, 1.54) is 0 Å². The number of hydrogen-bond acceptors (Lipinski definition) is 2. The Balaban J connectivity index is 2.02. The summed E-state index contributed by atoms with van der Waals surface area (Å²) in [6.45, 7) is 0.827. The minimum Gasteiger partial charge on any atom is -0.380 e. The van der Waals surface area contributed by atoms with Crippen LogP contribution in [-0.2, 0) is 17.9 Å². The van der Waals surface area contributed by atoms with Crippen LogP contribution in [0.4, 0.5) is 0 Å². The maximum Gasteiger partial charge on any atom is 0.251 e. The van der Waals surface area contributed by atoms with Crippen LogP contribution in [0, 0.1) is 0 Å². The molecule has 0 unspecified atom stereocenters. The Morgan fingerprint density at radius 2 is 2.00 bits per heavy atom. The van der Waals surface area contributed by atoms with Crippen molar-refractivity contribution >= 4 is 29.1 Å². The van der Waals surface area contributed by atoms with E-state index in [-0.39, 0.29) is 5.91 Å². The summed E-state index contributed by atoms with van der Waals surface area (Å²) in [6.07, 6.45) is 0. The van der Waals surface area contributed by atoms with Crippen molar-refractivity contribution in [1.82, 2.24) is 5.32 Å². The van der Waals surface area contributed by atoms with E-state index in [0.29, 0.717) is 28.8 Å². The highest BCUT2D eigenvalue weighted by Gasteiger charge is 2.08. The Morgan fingerprint density at radius 1 is 1.19 bits per heavy atom. The van der Waals surface area contributed by atoms with Gasteiger partial charge >= 0.3 is 0 Å². The predicted octanol–water partition coefficient (Wildman–Crippen LogP) is 4.07. The maximum absolute atomic E-state index is 12.1. The van der Waals surface area contributed by atoms with Gasteiger partial charge in [-0.05, 0) is 35.4 Å². The molecule has 1 N–H and O–H groups in total. The first-order valence-electron chi connectivity index (χ1n) is 6.40. The molecule has 110 valence electrons. The number of benzene rings is 2. The van der Waals surface area contributed by atoms with Gasteiger partial charge in [-0.25, -0.2) is 0 Å². The van der Waals surface area contributed by atoms with Gasteiger partial charge in [0.1, 0.15) is 0 Å². The molecule has 2 aromatic rings. The molecular weight excluding hydrogens is 309 g/mol. The van der Waals surface area contributed by atoms with Gasteiger partial charge in [0.25, 0.3) is 5.91 Å². The van der Waals surface area contributed by atoms with E-state index in [9.17, 15) is 4.79 Å². The van der Waals surface area contributed by atoms with Crippen LogP contribution in [0.2, 0.25) is 10.0 Å². The minimum absolute atomic E-state index is 0.154. The van der Waals surface area contributed by atoms with E-state index < -0.39 is 0 Å². The molecule has 0 fully saturated rings. The molecule has 0 radical (unpaired) electrons. The minimum atomic E-state index is -0.154. The Hall–Kier alpha value is -1.55. The number of carbonyl (C=O) groups is 1. The number of halogens is 2. The number of ether oxygens (including phenoxy) is 1. The molecule has 0 aliphatic rings.